The summed E-state index contributed by atoms with van der Waals surface area (Å²) >= 11 is 0. The molecule has 0 spiro atoms. The number of imide groups is 1. The number of anilines is 1. The fourth-order valence-electron chi connectivity index (χ4n) is 2.89. The van der Waals surface area contributed by atoms with Crippen LogP contribution in [0, 0.1) is 6.92 Å². The Kier molecular flexibility index (Phi) is 6.63. The van der Waals surface area contributed by atoms with Gasteiger partial charge in [-0.3, -0.25) is 10.1 Å². The van der Waals surface area contributed by atoms with Crippen molar-refractivity contribution in [3.8, 4) is 5.75 Å². The number of nitrogens with one attached hydrogen (secondary N) is 2. The monoisotopic (exact) mass is 388 g/mol. The second kappa shape index (κ2) is 9.55. The summed E-state index contributed by atoms with van der Waals surface area (Å²) in [5, 5.41) is 4.99. The lowest BCUT2D eigenvalue weighted by atomic mass is 10.0. The molecule has 0 radical (unpaired) electrons. The molecular formula is C24H24N2O3. The Hall–Kier alpha value is -3.60. The molecule has 29 heavy (non-hydrogen) atoms. The van der Waals surface area contributed by atoms with Crippen LogP contribution in [0.1, 0.15) is 34.3 Å². The van der Waals surface area contributed by atoms with Crippen molar-refractivity contribution in [2.24, 2.45) is 0 Å². The van der Waals surface area contributed by atoms with Crippen molar-refractivity contribution >= 4 is 17.6 Å². The minimum atomic E-state index is -0.579. The van der Waals surface area contributed by atoms with E-state index in [1.807, 2.05) is 37.3 Å². The fraction of sp³-hybridized carbons (Fsp3) is 0.167. The van der Waals surface area contributed by atoms with Gasteiger partial charge in [-0.25, -0.2) is 4.79 Å². The number of carbonyl (C=O) groups is 2. The first kappa shape index (κ1) is 20.1. The van der Waals surface area contributed by atoms with Gasteiger partial charge in [-0.1, -0.05) is 55.5 Å². The molecule has 2 N–H and O–H groups in total. The number of amides is 3. The van der Waals surface area contributed by atoms with Crippen LogP contribution in [-0.4, -0.2) is 18.5 Å². The number of benzene rings is 3. The highest BCUT2D eigenvalue weighted by atomic mass is 16.5. The third kappa shape index (κ3) is 5.69. The predicted molar refractivity (Wildman–Crippen MR) is 114 cm³/mol. The van der Waals surface area contributed by atoms with Crippen molar-refractivity contribution in [1.29, 1.82) is 0 Å². The minimum Gasteiger partial charge on any atom is -0.493 e. The molecule has 5 heteroatoms. The van der Waals surface area contributed by atoms with E-state index >= 15 is 0 Å². The molecular weight excluding hydrogens is 364 g/mol. The Labute approximate surface area is 170 Å². The van der Waals surface area contributed by atoms with Crippen LogP contribution in [0.15, 0.2) is 78.9 Å². The van der Waals surface area contributed by atoms with Crippen LogP contribution in [0.4, 0.5) is 10.5 Å². The van der Waals surface area contributed by atoms with Crippen LogP contribution in [0.2, 0.25) is 0 Å². The maximum atomic E-state index is 12.2. The topological polar surface area (TPSA) is 67.4 Å². The molecule has 0 aromatic heterocycles. The zero-order chi connectivity index (χ0) is 20.6. The number of ether oxygens (including phenoxy) is 1. The first-order valence-corrected chi connectivity index (χ1v) is 9.48. The second-order valence-corrected chi connectivity index (χ2v) is 6.87. The van der Waals surface area contributed by atoms with E-state index < -0.39 is 11.9 Å². The molecule has 3 amide bonds. The van der Waals surface area contributed by atoms with Crippen molar-refractivity contribution < 1.29 is 14.3 Å². The highest BCUT2D eigenvalue weighted by molar-refractivity contribution is 6.08. The van der Waals surface area contributed by atoms with Crippen molar-refractivity contribution in [2.75, 3.05) is 11.9 Å². The molecule has 0 aliphatic rings. The quantitative estimate of drug-likeness (QED) is 0.614. The molecule has 3 aromatic rings. The van der Waals surface area contributed by atoms with Gasteiger partial charge in [0.05, 0.1) is 6.61 Å². The number of rotatable bonds is 6. The van der Waals surface area contributed by atoms with Gasteiger partial charge in [0.15, 0.2) is 0 Å². The molecule has 3 aromatic carbocycles. The Morgan fingerprint density at radius 2 is 1.55 bits per heavy atom. The average Bonchev–Trinajstić information content (AvgIpc) is 2.74. The minimum absolute atomic E-state index is 0.271. The van der Waals surface area contributed by atoms with Crippen LogP contribution in [0.5, 0.6) is 5.75 Å². The average molecular weight is 388 g/mol. The third-order valence-electron chi connectivity index (χ3n) is 4.60. The molecule has 1 atom stereocenters. The fourth-order valence-corrected chi connectivity index (χ4v) is 2.89. The highest BCUT2D eigenvalue weighted by Crippen LogP contribution is 2.20. The van der Waals surface area contributed by atoms with E-state index in [-0.39, 0.29) is 5.92 Å². The van der Waals surface area contributed by atoms with Crippen LogP contribution < -0.4 is 15.4 Å². The lowest BCUT2D eigenvalue weighted by molar-refractivity contribution is 0.0966. The van der Waals surface area contributed by atoms with Gasteiger partial charge in [0, 0.05) is 17.2 Å². The molecule has 3 rings (SSSR count). The summed E-state index contributed by atoms with van der Waals surface area (Å²) < 4.78 is 5.84. The molecule has 0 aliphatic carbocycles. The molecule has 0 fully saturated rings. The highest BCUT2D eigenvalue weighted by Gasteiger charge is 2.12. The van der Waals surface area contributed by atoms with E-state index in [9.17, 15) is 9.59 Å². The molecule has 0 aliphatic heterocycles. The van der Waals surface area contributed by atoms with Gasteiger partial charge in [-0.2, -0.15) is 0 Å². The van der Waals surface area contributed by atoms with E-state index in [1.54, 1.807) is 36.4 Å². The maximum Gasteiger partial charge on any atom is 0.326 e. The molecule has 0 heterocycles. The maximum absolute atomic E-state index is 12.2. The van der Waals surface area contributed by atoms with E-state index in [0.717, 1.165) is 11.3 Å². The zero-order valence-corrected chi connectivity index (χ0v) is 16.5. The SMILES string of the molecule is Cc1ccccc1C(=O)NC(=O)Nc1ccc(OCC(C)c2ccccc2)cc1. The van der Waals surface area contributed by atoms with Crippen LogP contribution in [0.25, 0.3) is 0 Å². The van der Waals surface area contributed by atoms with Crippen molar-refractivity contribution in [2.45, 2.75) is 19.8 Å². The molecule has 0 saturated carbocycles. The second-order valence-electron chi connectivity index (χ2n) is 6.87. The number of hydrogen-bond acceptors (Lipinski definition) is 3. The zero-order valence-electron chi connectivity index (χ0n) is 16.5. The predicted octanol–water partition coefficient (Wildman–Crippen LogP) is 5.14. The normalized spacial score (nSPS) is 11.4. The summed E-state index contributed by atoms with van der Waals surface area (Å²) in [4.78, 5) is 24.3. The smallest absolute Gasteiger partial charge is 0.326 e. The van der Waals surface area contributed by atoms with Gasteiger partial charge in [0.1, 0.15) is 5.75 Å². The van der Waals surface area contributed by atoms with Crippen molar-refractivity contribution in [3.63, 3.8) is 0 Å². The molecule has 148 valence electrons. The van der Waals surface area contributed by atoms with Gasteiger partial charge in [0.2, 0.25) is 0 Å². The summed E-state index contributed by atoms with van der Waals surface area (Å²) in [5.41, 5.74) is 3.08. The van der Waals surface area contributed by atoms with Crippen molar-refractivity contribution in [1.82, 2.24) is 5.32 Å². The largest absolute Gasteiger partial charge is 0.493 e. The molecule has 5 nitrogen and oxygen atoms in total. The number of hydrogen-bond donors (Lipinski definition) is 2. The van der Waals surface area contributed by atoms with Gasteiger partial charge < -0.3 is 10.1 Å². The third-order valence-corrected chi connectivity index (χ3v) is 4.60. The number of carbonyl (C=O) groups excluding carboxylic acids is 2. The van der Waals surface area contributed by atoms with Crippen LogP contribution >= 0.6 is 0 Å². The van der Waals surface area contributed by atoms with E-state index in [4.69, 9.17) is 4.74 Å². The Balaban J connectivity index is 1.50. The van der Waals surface area contributed by atoms with Gasteiger partial charge in [-0.15, -0.1) is 0 Å². The first-order chi connectivity index (χ1) is 14.0. The van der Waals surface area contributed by atoms with Gasteiger partial charge >= 0.3 is 6.03 Å². The molecule has 0 bridgehead atoms. The summed E-state index contributed by atoms with van der Waals surface area (Å²) in [6, 6.07) is 23.8. The van der Waals surface area contributed by atoms with Crippen LogP contribution in [-0.2, 0) is 0 Å². The van der Waals surface area contributed by atoms with E-state index in [2.05, 4.69) is 29.7 Å². The Morgan fingerprint density at radius 1 is 0.897 bits per heavy atom. The lowest BCUT2D eigenvalue weighted by Crippen LogP contribution is -2.34. The summed E-state index contributed by atoms with van der Waals surface area (Å²) in [7, 11) is 0. The summed E-state index contributed by atoms with van der Waals surface area (Å²) in [5.74, 6) is 0.553. The number of aryl methyl sites for hydroxylation is 1. The Morgan fingerprint density at radius 3 is 2.24 bits per heavy atom. The summed E-state index contributed by atoms with van der Waals surface area (Å²) in [6.45, 7) is 4.49. The Bertz CT molecular complexity index is 969. The van der Waals surface area contributed by atoms with Gasteiger partial charge in [-0.05, 0) is 48.4 Å². The van der Waals surface area contributed by atoms with E-state index in [0.29, 0.717) is 17.9 Å². The van der Waals surface area contributed by atoms with Gasteiger partial charge in [0.25, 0.3) is 5.91 Å². The number of urea groups is 1. The van der Waals surface area contributed by atoms with Crippen LogP contribution in [0.3, 0.4) is 0 Å². The molecule has 1 unspecified atom stereocenters. The first-order valence-electron chi connectivity index (χ1n) is 9.48. The lowest BCUT2D eigenvalue weighted by Gasteiger charge is -2.14. The standard InChI is InChI=1S/C24H24N2O3/c1-17-8-6-7-11-22(17)23(27)26-24(28)25-20-12-14-21(15-13-20)29-16-18(2)19-9-4-3-5-10-19/h3-15,18H,16H2,1-2H3,(H2,25,26,27,28). The summed E-state index contributed by atoms with van der Waals surface area (Å²) in [6.07, 6.45) is 0. The van der Waals surface area contributed by atoms with Crippen molar-refractivity contribution in [3.05, 3.63) is 95.6 Å². The van der Waals surface area contributed by atoms with E-state index in [1.165, 1.54) is 5.56 Å². The molecule has 0 saturated heterocycles.